The predicted octanol–water partition coefficient (Wildman–Crippen LogP) is 0.180. The number of primary amides is 1. The van der Waals surface area contributed by atoms with Crippen LogP contribution in [0.25, 0.3) is 0 Å². The number of hydrogen-bond acceptors (Lipinski definition) is 5. The SMILES string of the molecule is Cc1ccnc(N2CCc3c(c(C(N)=O)nn3C)C2)n1. The Kier molecular flexibility index (Phi) is 2.89. The molecule has 1 aliphatic rings. The Morgan fingerprint density at radius 2 is 2.25 bits per heavy atom. The van der Waals surface area contributed by atoms with E-state index in [0.717, 1.165) is 29.9 Å². The van der Waals surface area contributed by atoms with Gasteiger partial charge in [0.25, 0.3) is 5.91 Å². The van der Waals surface area contributed by atoms with Gasteiger partial charge in [0.05, 0.1) is 6.54 Å². The van der Waals surface area contributed by atoms with Gasteiger partial charge in [0, 0.05) is 43.2 Å². The number of hydrogen-bond donors (Lipinski definition) is 1. The molecule has 20 heavy (non-hydrogen) atoms. The third kappa shape index (κ3) is 2.01. The molecule has 0 atom stereocenters. The third-order valence-corrected chi connectivity index (χ3v) is 3.54. The summed E-state index contributed by atoms with van der Waals surface area (Å²) in [5.41, 5.74) is 8.60. The van der Waals surface area contributed by atoms with E-state index < -0.39 is 5.91 Å². The van der Waals surface area contributed by atoms with E-state index in [1.807, 2.05) is 24.9 Å². The first-order valence-corrected chi connectivity index (χ1v) is 6.45. The Balaban J connectivity index is 1.97. The first-order chi connectivity index (χ1) is 9.56. The minimum Gasteiger partial charge on any atom is -0.364 e. The van der Waals surface area contributed by atoms with Crippen molar-refractivity contribution in [1.82, 2.24) is 19.7 Å². The molecule has 0 fully saturated rings. The fourth-order valence-electron chi connectivity index (χ4n) is 2.55. The zero-order chi connectivity index (χ0) is 14.3. The Bertz CT molecular complexity index is 677. The summed E-state index contributed by atoms with van der Waals surface area (Å²) in [4.78, 5) is 22.2. The van der Waals surface area contributed by atoms with Crippen molar-refractivity contribution >= 4 is 11.9 Å². The van der Waals surface area contributed by atoms with Gasteiger partial charge in [-0.2, -0.15) is 5.10 Å². The summed E-state index contributed by atoms with van der Waals surface area (Å²) < 4.78 is 1.74. The summed E-state index contributed by atoms with van der Waals surface area (Å²) in [7, 11) is 1.84. The maximum Gasteiger partial charge on any atom is 0.269 e. The van der Waals surface area contributed by atoms with Crippen molar-refractivity contribution < 1.29 is 4.79 Å². The molecule has 3 rings (SSSR count). The minimum absolute atomic E-state index is 0.347. The van der Waals surface area contributed by atoms with Crippen LogP contribution in [0.4, 0.5) is 5.95 Å². The number of nitrogens with two attached hydrogens (primary N) is 1. The maximum atomic E-state index is 11.5. The molecule has 2 aromatic rings. The van der Waals surface area contributed by atoms with Crippen molar-refractivity contribution in [3.63, 3.8) is 0 Å². The summed E-state index contributed by atoms with van der Waals surface area (Å²) >= 11 is 0. The number of aromatic nitrogens is 4. The van der Waals surface area contributed by atoms with Crippen LogP contribution in [0, 0.1) is 6.92 Å². The van der Waals surface area contributed by atoms with E-state index in [4.69, 9.17) is 5.73 Å². The van der Waals surface area contributed by atoms with Crippen molar-refractivity contribution in [2.45, 2.75) is 19.9 Å². The van der Waals surface area contributed by atoms with Crippen molar-refractivity contribution in [2.75, 3.05) is 11.4 Å². The number of amides is 1. The minimum atomic E-state index is -0.492. The molecule has 1 aliphatic heterocycles. The molecular formula is C13H16N6O. The van der Waals surface area contributed by atoms with Gasteiger partial charge in [0.15, 0.2) is 5.69 Å². The lowest BCUT2D eigenvalue weighted by Gasteiger charge is -2.27. The van der Waals surface area contributed by atoms with Gasteiger partial charge < -0.3 is 10.6 Å². The number of nitrogens with zero attached hydrogens (tertiary/aromatic N) is 5. The van der Waals surface area contributed by atoms with Gasteiger partial charge in [-0.3, -0.25) is 9.48 Å². The number of carbonyl (C=O) groups excluding carboxylic acids is 1. The maximum absolute atomic E-state index is 11.5. The van der Waals surface area contributed by atoms with Crippen LogP contribution in [-0.4, -0.2) is 32.2 Å². The number of anilines is 1. The summed E-state index contributed by atoms with van der Waals surface area (Å²) in [6.07, 6.45) is 2.54. The second-order valence-electron chi connectivity index (χ2n) is 4.93. The normalized spacial score (nSPS) is 14.2. The van der Waals surface area contributed by atoms with Crippen LogP contribution < -0.4 is 10.6 Å². The average molecular weight is 272 g/mol. The van der Waals surface area contributed by atoms with Crippen LogP contribution in [0.1, 0.15) is 27.4 Å². The van der Waals surface area contributed by atoms with Gasteiger partial charge in [0.2, 0.25) is 5.95 Å². The fourth-order valence-corrected chi connectivity index (χ4v) is 2.55. The zero-order valence-electron chi connectivity index (χ0n) is 11.5. The zero-order valence-corrected chi connectivity index (χ0v) is 11.5. The van der Waals surface area contributed by atoms with E-state index in [9.17, 15) is 4.79 Å². The van der Waals surface area contributed by atoms with Crippen LogP contribution in [0.3, 0.4) is 0 Å². The largest absolute Gasteiger partial charge is 0.364 e. The van der Waals surface area contributed by atoms with Crippen molar-refractivity contribution in [2.24, 2.45) is 12.8 Å². The van der Waals surface area contributed by atoms with Crippen LogP contribution >= 0.6 is 0 Å². The summed E-state index contributed by atoms with van der Waals surface area (Å²) in [5, 5.41) is 4.21. The molecule has 2 N–H and O–H groups in total. The highest BCUT2D eigenvalue weighted by Crippen LogP contribution is 2.24. The lowest BCUT2D eigenvalue weighted by atomic mass is 10.1. The molecule has 3 heterocycles. The van der Waals surface area contributed by atoms with Crippen LogP contribution in [0.2, 0.25) is 0 Å². The molecule has 0 bridgehead atoms. The highest BCUT2D eigenvalue weighted by atomic mass is 16.1. The highest BCUT2D eigenvalue weighted by molar-refractivity contribution is 5.92. The summed E-state index contributed by atoms with van der Waals surface area (Å²) in [6, 6.07) is 1.86. The van der Waals surface area contributed by atoms with E-state index >= 15 is 0 Å². The number of carbonyl (C=O) groups is 1. The molecule has 0 unspecified atom stereocenters. The Labute approximate surface area is 116 Å². The molecular weight excluding hydrogens is 256 g/mol. The molecule has 0 saturated heterocycles. The molecule has 0 spiro atoms. The summed E-state index contributed by atoms with van der Waals surface area (Å²) in [6.45, 7) is 3.29. The van der Waals surface area contributed by atoms with Crippen LogP contribution in [-0.2, 0) is 20.0 Å². The average Bonchev–Trinajstić information content (AvgIpc) is 2.76. The fraction of sp³-hybridized carbons (Fsp3) is 0.385. The predicted molar refractivity (Wildman–Crippen MR) is 73.2 cm³/mol. The second-order valence-corrected chi connectivity index (χ2v) is 4.93. The van der Waals surface area contributed by atoms with E-state index in [1.165, 1.54) is 0 Å². The van der Waals surface area contributed by atoms with Gasteiger partial charge in [-0.1, -0.05) is 0 Å². The topological polar surface area (TPSA) is 89.9 Å². The van der Waals surface area contributed by atoms with Gasteiger partial charge in [-0.05, 0) is 13.0 Å². The molecule has 0 aliphatic carbocycles. The first kappa shape index (κ1) is 12.6. The molecule has 1 amide bonds. The Morgan fingerprint density at radius 1 is 1.45 bits per heavy atom. The number of fused-ring (bicyclic) bond motifs is 1. The van der Waals surface area contributed by atoms with E-state index in [2.05, 4.69) is 15.1 Å². The first-order valence-electron chi connectivity index (χ1n) is 6.45. The van der Waals surface area contributed by atoms with Crippen molar-refractivity contribution in [3.05, 3.63) is 34.9 Å². The molecule has 0 aromatic carbocycles. The standard InChI is InChI=1S/C13H16N6O/c1-8-3-5-15-13(16-8)19-6-4-10-9(7-19)11(12(14)20)17-18(10)2/h3,5H,4,6-7H2,1-2H3,(H2,14,20). The Hall–Kier alpha value is -2.44. The van der Waals surface area contributed by atoms with Crippen molar-refractivity contribution in [3.8, 4) is 0 Å². The smallest absolute Gasteiger partial charge is 0.269 e. The monoisotopic (exact) mass is 272 g/mol. The molecule has 2 aromatic heterocycles. The number of rotatable bonds is 2. The van der Waals surface area contributed by atoms with Crippen molar-refractivity contribution in [1.29, 1.82) is 0 Å². The molecule has 0 radical (unpaired) electrons. The van der Waals surface area contributed by atoms with Crippen LogP contribution in [0.15, 0.2) is 12.3 Å². The lowest BCUT2D eigenvalue weighted by molar-refractivity contribution is 0.0994. The van der Waals surface area contributed by atoms with Gasteiger partial charge in [-0.25, -0.2) is 9.97 Å². The third-order valence-electron chi connectivity index (χ3n) is 3.54. The quantitative estimate of drug-likeness (QED) is 0.842. The van der Waals surface area contributed by atoms with Crippen LogP contribution in [0.5, 0.6) is 0 Å². The highest BCUT2D eigenvalue weighted by Gasteiger charge is 2.27. The van der Waals surface area contributed by atoms with E-state index in [1.54, 1.807) is 10.9 Å². The van der Waals surface area contributed by atoms with Gasteiger partial charge in [-0.15, -0.1) is 0 Å². The summed E-state index contributed by atoms with van der Waals surface area (Å²) in [5.74, 6) is 0.184. The molecule has 104 valence electrons. The molecule has 7 heteroatoms. The van der Waals surface area contributed by atoms with Gasteiger partial charge in [0.1, 0.15) is 0 Å². The Morgan fingerprint density at radius 3 is 2.95 bits per heavy atom. The van der Waals surface area contributed by atoms with Gasteiger partial charge >= 0.3 is 0 Å². The lowest BCUT2D eigenvalue weighted by Crippen LogP contribution is -2.33. The molecule has 0 saturated carbocycles. The van der Waals surface area contributed by atoms with E-state index in [0.29, 0.717) is 18.2 Å². The molecule has 7 nitrogen and oxygen atoms in total. The van der Waals surface area contributed by atoms with E-state index in [-0.39, 0.29) is 0 Å². The second kappa shape index (κ2) is 4.59. The number of aryl methyl sites for hydroxylation is 2.